The molecule has 3 aromatic rings. The predicted molar refractivity (Wildman–Crippen MR) is 112 cm³/mol. The lowest BCUT2D eigenvalue weighted by molar-refractivity contribution is 0.0694. The van der Waals surface area contributed by atoms with E-state index >= 15 is 0 Å². The number of carbonyl (C=O) groups is 1. The Balaban J connectivity index is 1.89. The lowest BCUT2D eigenvalue weighted by Gasteiger charge is -2.13. The third-order valence-corrected chi connectivity index (χ3v) is 5.72. The molecule has 0 heterocycles. The molecule has 0 unspecified atom stereocenters. The van der Waals surface area contributed by atoms with E-state index in [1.165, 1.54) is 12.1 Å². The molecule has 0 bridgehead atoms. The van der Waals surface area contributed by atoms with Gasteiger partial charge >= 0.3 is 5.97 Å². The number of benzene rings is 3. The van der Waals surface area contributed by atoms with Gasteiger partial charge in [0.25, 0.3) is 10.0 Å². The second-order valence-corrected chi connectivity index (χ2v) is 8.29. The number of rotatable bonds is 6. The van der Waals surface area contributed by atoms with Gasteiger partial charge in [-0.1, -0.05) is 24.3 Å². The van der Waals surface area contributed by atoms with Crippen LogP contribution >= 0.6 is 0 Å². The van der Waals surface area contributed by atoms with Crippen LogP contribution in [0.5, 0.6) is 5.75 Å². The standard InChI is InChI=1S/C21H20N2O5S/c1-23(2)17-9-6-14(7-10-17)15-4-3-5-18(12-15)29(27,28)22-16-8-11-19(21(25)26)20(24)13-16/h3-13,22,24H,1-2H3,(H,25,26). The van der Waals surface area contributed by atoms with E-state index in [9.17, 15) is 18.3 Å². The summed E-state index contributed by atoms with van der Waals surface area (Å²) in [5.41, 5.74) is 2.39. The fourth-order valence-corrected chi connectivity index (χ4v) is 3.88. The highest BCUT2D eigenvalue weighted by atomic mass is 32.2. The number of anilines is 2. The second-order valence-electron chi connectivity index (χ2n) is 6.61. The Kier molecular flexibility index (Phi) is 5.47. The van der Waals surface area contributed by atoms with E-state index in [0.29, 0.717) is 0 Å². The van der Waals surface area contributed by atoms with Crippen LogP contribution < -0.4 is 9.62 Å². The van der Waals surface area contributed by atoms with Crippen LogP contribution in [0.4, 0.5) is 11.4 Å². The van der Waals surface area contributed by atoms with Crippen molar-refractivity contribution in [1.82, 2.24) is 0 Å². The van der Waals surface area contributed by atoms with Gasteiger partial charge < -0.3 is 15.1 Å². The normalized spacial score (nSPS) is 11.1. The largest absolute Gasteiger partial charge is 0.507 e. The molecule has 3 rings (SSSR count). The van der Waals surface area contributed by atoms with Gasteiger partial charge in [0.05, 0.1) is 10.6 Å². The van der Waals surface area contributed by atoms with Crippen molar-refractivity contribution in [1.29, 1.82) is 0 Å². The topological polar surface area (TPSA) is 107 Å². The molecule has 8 heteroatoms. The van der Waals surface area contributed by atoms with Crippen molar-refractivity contribution in [2.24, 2.45) is 0 Å². The summed E-state index contributed by atoms with van der Waals surface area (Å²) < 4.78 is 27.8. The highest BCUT2D eigenvalue weighted by Gasteiger charge is 2.17. The van der Waals surface area contributed by atoms with Crippen LogP contribution in [-0.4, -0.2) is 38.7 Å². The lowest BCUT2D eigenvalue weighted by atomic mass is 10.1. The van der Waals surface area contributed by atoms with E-state index in [0.717, 1.165) is 28.9 Å². The monoisotopic (exact) mass is 412 g/mol. The van der Waals surface area contributed by atoms with Gasteiger partial charge in [0.2, 0.25) is 0 Å². The fraction of sp³-hybridized carbons (Fsp3) is 0.0952. The highest BCUT2D eigenvalue weighted by molar-refractivity contribution is 7.92. The minimum Gasteiger partial charge on any atom is -0.507 e. The Morgan fingerprint density at radius 2 is 1.62 bits per heavy atom. The maximum atomic E-state index is 12.7. The average molecular weight is 412 g/mol. The quantitative estimate of drug-likeness (QED) is 0.571. The molecule has 0 saturated carbocycles. The molecule has 0 fully saturated rings. The van der Waals surface area contributed by atoms with Crippen LogP contribution in [0, 0.1) is 0 Å². The van der Waals surface area contributed by atoms with Gasteiger partial charge in [0, 0.05) is 25.8 Å². The van der Waals surface area contributed by atoms with Crippen LogP contribution in [0.25, 0.3) is 11.1 Å². The van der Waals surface area contributed by atoms with Crippen molar-refractivity contribution in [2.45, 2.75) is 4.90 Å². The van der Waals surface area contributed by atoms with Crippen LogP contribution in [0.15, 0.2) is 71.6 Å². The van der Waals surface area contributed by atoms with Gasteiger partial charge in [-0.05, 0) is 47.5 Å². The number of nitrogens with one attached hydrogen (secondary N) is 1. The molecule has 0 radical (unpaired) electrons. The van der Waals surface area contributed by atoms with Crippen molar-refractivity contribution in [2.75, 3.05) is 23.7 Å². The Labute approximate surface area is 168 Å². The summed E-state index contributed by atoms with van der Waals surface area (Å²) in [6.07, 6.45) is 0. The third-order valence-electron chi connectivity index (χ3n) is 4.34. The van der Waals surface area contributed by atoms with Gasteiger partial charge in [-0.15, -0.1) is 0 Å². The molecule has 0 aliphatic rings. The number of aromatic hydroxyl groups is 1. The number of hydrogen-bond acceptors (Lipinski definition) is 5. The molecular weight excluding hydrogens is 392 g/mol. The van der Waals surface area contributed by atoms with Crippen molar-refractivity contribution in [3.05, 3.63) is 72.3 Å². The van der Waals surface area contributed by atoms with Crippen LogP contribution in [0.1, 0.15) is 10.4 Å². The second kappa shape index (κ2) is 7.84. The van der Waals surface area contributed by atoms with Crippen molar-refractivity contribution >= 4 is 27.4 Å². The first kappa shape index (κ1) is 20.2. The summed E-state index contributed by atoms with van der Waals surface area (Å²) in [7, 11) is -0.0538. The molecule has 0 aliphatic heterocycles. The molecule has 0 aliphatic carbocycles. The Morgan fingerprint density at radius 3 is 2.21 bits per heavy atom. The maximum Gasteiger partial charge on any atom is 0.339 e. The maximum absolute atomic E-state index is 12.7. The number of hydrogen-bond donors (Lipinski definition) is 3. The Hall–Kier alpha value is -3.52. The number of aromatic carboxylic acids is 1. The molecule has 0 saturated heterocycles. The fourth-order valence-electron chi connectivity index (χ4n) is 2.78. The summed E-state index contributed by atoms with van der Waals surface area (Å²) in [5.74, 6) is -1.82. The average Bonchev–Trinajstić information content (AvgIpc) is 2.67. The molecule has 0 spiro atoms. The molecule has 150 valence electrons. The van der Waals surface area contributed by atoms with E-state index in [1.54, 1.807) is 12.1 Å². The molecule has 29 heavy (non-hydrogen) atoms. The zero-order valence-electron chi connectivity index (χ0n) is 15.8. The van der Waals surface area contributed by atoms with Crippen LogP contribution in [0.2, 0.25) is 0 Å². The first-order valence-electron chi connectivity index (χ1n) is 8.64. The van der Waals surface area contributed by atoms with E-state index in [2.05, 4.69) is 4.72 Å². The first-order chi connectivity index (χ1) is 13.7. The number of carboxylic acids is 1. The third kappa shape index (κ3) is 4.49. The highest BCUT2D eigenvalue weighted by Crippen LogP contribution is 2.27. The van der Waals surface area contributed by atoms with Crippen molar-refractivity contribution in [3.8, 4) is 16.9 Å². The first-order valence-corrected chi connectivity index (χ1v) is 10.1. The smallest absolute Gasteiger partial charge is 0.339 e. The Morgan fingerprint density at radius 1 is 0.931 bits per heavy atom. The molecule has 0 atom stereocenters. The minimum atomic E-state index is -3.93. The molecule has 7 nitrogen and oxygen atoms in total. The van der Waals surface area contributed by atoms with Crippen LogP contribution in [0.3, 0.4) is 0 Å². The van der Waals surface area contributed by atoms with Gasteiger partial charge in [0.1, 0.15) is 11.3 Å². The minimum absolute atomic E-state index is 0.0495. The SMILES string of the molecule is CN(C)c1ccc(-c2cccc(S(=O)(=O)Nc3ccc(C(=O)O)c(O)c3)c2)cc1. The summed E-state index contributed by atoms with van der Waals surface area (Å²) in [6.45, 7) is 0. The lowest BCUT2D eigenvalue weighted by Crippen LogP contribution is -2.13. The number of phenols is 1. The molecular formula is C21H20N2O5S. The zero-order chi connectivity index (χ0) is 21.2. The Bertz CT molecular complexity index is 1160. The van der Waals surface area contributed by atoms with Gasteiger partial charge in [-0.2, -0.15) is 0 Å². The summed E-state index contributed by atoms with van der Waals surface area (Å²) >= 11 is 0. The number of sulfonamides is 1. The molecule has 3 N–H and O–H groups in total. The number of carboxylic acid groups (broad SMARTS) is 1. The summed E-state index contributed by atoms with van der Waals surface area (Å²) in [4.78, 5) is 13.0. The zero-order valence-corrected chi connectivity index (χ0v) is 16.6. The van der Waals surface area contributed by atoms with Gasteiger partial charge in [-0.3, -0.25) is 4.72 Å². The molecule has 3 aromatic carbocycles. The number of nitrogens with zero attached hydrogens (tertiary/aromatic N) is 1. The molecule has 0 amide bonds. The van der Waals surface area contributed by atoms with Crippen molar-refractivity contribution in [3.63, 3.8) is 0 Å². The van der Waals surface area contributed by atoms with E-state index < -0.39 is 21.7 Å². The predicted octanol–water partition coefficient (Wildman–Crippen LogP) is 3.62. The van der Waals surface area contributed by atoms with E-state index in [4.69, 9.17) is 5.11 Å². The van der Waals surface area contributed by atoms with Gasteiger partial charge in [0.15, 0.2) is 0 Å². The molecule has 0 aromatic heterocycles. The van der Waals surface area contributed by atoms with Crippen LogP contribution in [-0.2, 0) is 10.0 Å². The van der Waals surface area contributed by atoms with E-state index in [1.807, 2.05) is 49.3 Å². The van der Waals surface area contributed by atoms with E-state index in [-0.39, 0.29) is 16.1 Å². The summed E-state index contributed by atoms with van der Waals surface area (Å²) in [5, 5.41) is 18.7. The summed E-state index contributed by atoms with van der Waals surface area (Å²) in [6, 6.07) is 17.7. The van der Waals surface area contributed by atoms with Gasteiger partial charge in [-0.25, -0.2) is 13.2 Å². The van der Waals surface area contributed by atoms with Crippen molar-refractivity contribution < 1.29 is 23.4 Å².